The molecule has 0 radical (unpaired) electrons. The first-order valence-corrected chi connectivity index (χ1v) is 6.52. The average molecular weight is 222 g/mol. The largest absolute Gasteiger partial charge is 0.488 e. The lowest BCUT2D eigenvalue weighted by Crippen LogP contribution is -2.40. The van der Waals surface area contributed by atoms with Gasteiger partial charge in [0.15, 0.2) is 0 Å². The Labute approximate surface area is 96.2 Å². The zero-order chi connectivity index (χ0) is 10.5. The van der Waals surface area contributed by atoms with E-state index in [1.807, 2.05) is 0 Å². The minimum Gasteiger partial charge on any atom is -0.408 e. The summed E-state index contributed by atoms with van der Waals surface area (Å²) in [5.41, 5.74) is 0. The van der Waals surface area contributed by atoms with Crippen molar-refractivity contribution in [1.29, 1.82) is 0 Å². The van der Waals surface area contributed by atoms with Crippen LogP contribution in [0.25, 0.3) is 0 Å². The number of rotatable bonds is 1. The molecule has 2 saturated heterocycles. The van der Waals surface area contributed by atoms with Crippen LogP contribution in [0.4, 0.5) is 0 Å². The van der Waals surface area contributed by atoms with Gasteiger partial charge in [-0.05, 0) is 38.5 Å². The molecule has 0 aromatic carbocycles. The smallest absolute Gasteiger partial charge is 0.408 e. The normalized spacial score (nSPS) is 46.5. The minimum atomic E-state index is -0.277. The van der Waals surface area contributed by atoms with Crippen molar-refractivity contribution in [1.82, 2.24) is 0 Å². The summed E-state index contributed by atoms with van der Waals surface area (Å²) in [4.78, 5) is 0. The second-order valence-corrected chi connectivity index (χ2v) is 5.30. The van der Waals surface area contributed by atoms with Gasteiger partial charge in [-0.1, -0.05) is 0 Å². The summed E-state index contributed by atoms with van der Waals surface area (Å²) in [6, 6.07) is 0. The van der Waals surface area contributed by atoms with Crippen LogP contribution in [0.3, 0.4) is 0 Å². The Kier molecular flexibility index (Phi) is 2.32. The predicted octanol–water partition coefficient (Wildman–Crippen LogP) is 0.977. The molecule has 4 fully saturated rings. The van der Waals surface area contributed by atoms with Crippen molar-refractivity contribution < 1.29 is 18.6 Å². The number of hydrogen-bond acceptors (Lipinski definition) is 4. The van der Waals surface area contributed by atoms with E-state index in [0.717, 1.165) is 25.7 Å². The fourth-order valence-corrected chi connectivity index (χ4v) is 3.42. The zero-order valence-corrected chi connectivity index (χ0v) is 9.34. The summed E-state index contributed by atoms with van der Waals surface area (Å²) in [5.74, 6) is 0. The van der Waals surface area contributed by atoms with E-state index in [9.17, 15) is 0 Å². The molecule has 0 aromatic rings. The van der Waals surface area contributed by atoms with Gasteiger partial charge in [-0.2, -0.15) is 0 Å². The molecule has 86 valence electrons. The SMILES string of the molecule is C1CC2OB(B3OC4CCCC4O3)OC2C1. The van der Waals surface area contributed by atoms with Crippen LogP contribution in [0.1, 0.15) is 38.5 Å². The first-order valence-electron chi connectivity index (χ1n) is 6.52. The maximum Gasteiger partial charge on any atom is 0.488 e. The van der Waals surface area contributed by atoms with Gasteiger partial charge in [-0.15, -0.1) is 0 Å². The fourth-order valence-electron chi connectivity index (χ4n) is 3.42. The fraction of sp³-hybridized carbons (Fsp3) is 1.00. The molecule has 4 nitrogen and oxygen atoms in total. The molecule has 2 saturated carbocycles. The number of hydrogen-bond donors (Lipinski definition) is 0. The standard InChI is InChI=1S/C10H16B2O4/c1-3-7-8(4-1)14-11(13-7)12-15-9-5-2-6-10(9)16-12/h7-10H,1-6H2. The van der Waals surface area contributed by atoms with E-state index in [1.165, 1.54) is 12.8 Å². The van der Waals surface area contributed by atoms with E-state index in [4.69, 9.17) is 18.6 Å². The Morgan fingerprint density at radius 2 is 0.875 bits per heavy atom. The van der Waals surface area contributed by atoms with Crippen LogP contribution >= 0.6 is 0 Å². The third-order valence-corrected chi connectivity index (χ3v) is 4.24. The van der Waals surface area contributed by atoms with Gasteiger partial charge in [0.05, 0.1) is 24.4 Å². The van der Waals surface area contributed by atoms with Crippen molar-refractivity contribution in [2.75, 3.05) is 0 Å². The van der Waals surface area contributed by atoms with E-state index in [-0.39, 0.29) is 38.4 Å². The van der Waals surface area contributed by atoms with Crippen LogP contribution in [0.2, 0.25) is 0 Å². The van der Waals surface area contributed by atoms with Crippen LogP contribution < -0.4 is 0 Å². The third-order valence-electron chi connectivity index (χ3n) is 4.24. The minimum absolute atomic E-state index is 0.277. The number of fused-ring (bicyclic) bond motifs is 2. The van der Waals surface area contributed by atoms with Crippen molar-refractivity contribution in [3.63, 3.8) is 0 Å². The molecule has 4 unspecified atom stereocenters. The van der Waals surface area contributed by atoms with Crippen LogP contribution in [-0.2, 0) is 18.6 Å². The van der Waals surface area contributed by atoms with E-state index in [2.05, 4.69) is 0 Å². The molecule has 4 rings (SSSR count). The van der Waals surface area contributed by atoms with Crippen LogP contribution in [0.15, 0.2) is 0 Å². The van der Waals surface area contributed by atoms with Crippen molar-refractivity contribution in [3.8, 4) is 0 Å². The second kappa shape index (κ2) is 3.73. The van der Waals surface area contributed by atoms with Gasteiger partial charge in [-0.3, -0.25) is 0 Å². The molecule has 6 heteroatoms. The Balaban J connectivity index is 1.41. The van der Waals surface area contributed by atoms with Crippen molar-refractivity contribution in [2.45, 2.75) is 62.9 Å². The monoisotopic (exact) mass is 222 g/mol. The molecule has 2 aliphatic heterocycles. The Bertz CT molecular complexity index is 238. The van der Waals surface area contributed by atoms with E-state index in [1.54, 1.807) is 0 Å². The summed E-state index contributed by atoms with van der Waals surface area (Å²) in [6.45, 7) is 0. The lowest BCUT2D eigenvalue weighted by atomic mass is 9.49. The highest BCUT2D eigenvalue weighted by Crippen LogP contribution is 2.36. The summed E-state index contributed by atoms with van der Waals surface area (Å²) in [6.07, 6.45) is 8.10. The summed E-state index contributed by atoms with van der Waals surface area (Å²) >= 11 is 0. The van der Waals surface area contributed by atoms with Gasteiger partial charge in [-0.25, -0.2) is 0 Å². The quantitative estimate of drug-likeness (QED) is 0.619. The van der Waals surface area contributed by atoms with Gasteiger partial charge < -0.3 is 18.6 Å². The molecule has 2 heterocycles. The molecule has 0 spiro atoms. The molecule has 0 amide bonds. The molecule has 4 aliphatic rings. The van der Waals surface area contributed by atoms with Crippen LogP contribution in [0, 0.1) is 0 Å². The van der Waals surface area contributed by atoms with Crippen molar-refractivity contribution in [2.24, 2.45) is 0 Å². The third kappa shape index (κ3) is 1.47. The highest BCUT2D eigenvalue weighted by atomic mass is 16.7. The highest BCUT2D eigenvalue weighted by molar-refractivity contribution is 7.11. The van der Waals surface area contributed by atoms with Gasteiger partial charge >= 0.3 is 14.0 Å². The molecule has 0 aromatic heterocycles. The molecular formula is C10H16B2O4. The maximum absolute atomic E-state index is 5.86. The van der Waals surface area contributed by atoms with Gasteiger partial charge in [0, 0.05) is 0 Å². The Morgan fingerprint density at radius 3 is 1.19 bits per heavy atom. The maximum atomic E-state index is 5.86. The molecule has 0 bridgehead atoms. The first-order chi connectivity index (χ1) is 7.90. The van der Waals surface area contributed by atoms with Crippen LogP contribution in [0.5, 0.6) is 0 Å². The molecule has 16 heavy (non-hydrogen) atoms. The van der Waals surface area contributed by atoms with E-state index < -0.39 is 0 Å². The highest BCUT2D eigenvalue weighted by Gasteiger charge is 2.56. The molecule has 0 N–H and O–H groups in total. The second-order valence-electron chi connectivity index (χ2n) is 5.30. The van der Waals surface area contributed by atoms with E-state index in [0.29, 0.717) is 0 Å². The Hall–Kier alpha value is -0.0301. The summed E-state index contributed by atoms with van der Waals surface area (Å²) in [7, 11) is -0.554. The van der Waals surface area contributed by atoms with Crippen molar-refractivity contribution in [3.05, 3.63) is 0 Å². The summed E-state index contributed by atoms with van der Waals surface area (Å²) < 4.78 is 23.4. The molecule has 4 atom stereocenters. The Morgan fingerprint density at radius 1 is 0.562 bits per heavy atom. The molecular weight excluding hydrogens is 206 g/mol. The van der Waals surface area contributed by atoms with Gasteiger partial charge in [0.1, 0.15) is 0 Å². The zero-order valence-electron chi connectivity index (χ0n) is 9.34. The van der Waals surface area contributed by atoms with Gasteiger partial charge in [0.25, 0.3) is 0 Å². The predicted molar refractivity (Wildman–Crippen MR) is 58.7 cm³/mol. The first kappa shape index (κ1) is 9.95. The van der Waals surface area contributed by atoms with Crippen LogP contribution in [-0.4, -0.2) is 38.4 Å². The van der Waals surface area contributed by atoms with E-state index >= 15 is 0 Å². The average Bonchev–Trinajstić information content (AvgIpc) is 2.94. The topological polar surface area (TPSA) is 36.9 Å². The lowest BCUT2D eigenvalue weighted by molar-refractivity contribution is 0.187. The van der Waals surface area contributed by atoms with Gasteiger partial charge in [0.2, 0.25) is 0 Å². The van der Waals surface area contributed by atoms with Crippen molar-refractivity contribution >= 4 is 14.0 Å². The lowest BCUT2D eigenvalue weighted by Gasteiger charge is -2.10. The summed E-state index contributed by atoms with van der Waals surface area (Å²) in [5, 5.41) is 0. The molecule has 2 aliphatic carbocycles.